The number of carbonyl (C=O) groups is 1. The number of rotatable bonds is 18. The number of aliphatic hydroxyl groups is 14. The summed E-state index contributed by atoms with van der Waals surface area (Å²) in [5, 5.41) is 151. The maximum Gasteiger partial charge on any atom is 0.397 e. The van der Waals surface area contributed by atoms with E-state index < -0.39 is 190 Å². The molecular weight excluding hydrogens is 862 g/mol. The SMILES string of the molecule is CC(=O)N[C@H]1[C@H](O[C@H]2[C@@H](O)[C@@H](CO)O[C@@H](O[C@@H]([C@H](O[C@@H]3O[C@@H](C)[C@@H](O)[C@@H](O)[C@@H]3O)[C@@H](O)CO)[C@H](O)COS(=O)(=O)O)[C@@H]2O)O[C@H](CO)[C@@H](O)[C@@H]1O[C@@H]1O[C@@H](C)[C@@H](O)[C@@H](O)[C@@H]1O. The summed E-state index contributed by atoms with van der Waals surface area (Å²) in [6.07, 6.45) is -44.1. The van der Waals surface area contributed by atoms with Crippen LogP contribution >= 0.6 is 0 Å². The van der Waals surface area contributed by atoms with Gasteiger partial charge < -0.3 is 115 Å². The Bertz CT molecular complexity index is 1490. The Morgan fingerprint density at radius 1 is 0.607 bits per heavy atom. The topological polar surface area (TPSA) is 450 Å². The van der Waals surface area contributed by atoms with Gasteiger partial charge in [-0.05, 0) is 13.8 Å². The van der Waals surface area contributed by atoms with Crippen molar-refractivity contribution in [3.8, 4) is 0 Å². The van der Waals surface area contributed by atoms with E-state index in [-0.39, 0.29) is 0 Å². The van der Waals surface area contributed by atoms with Gasteiger partial charge in [-0.15, -0.1) is 0 Å². The smallest absolute Gasteiger partial charge is 0.394 e. The van der Waals surface area contributed by atoms with E-state index in [1.807, 2.05) is 0 Å². The van der Waals surface area contributed by atoms with Gasteiger partial charge in [-0.25, -0.2) is 4.18 Å². The summed E-state index contributed by atoms with van der Waals surface area (Å²) in [7, 11) is -5.30. The van der Waals surface area contributed by atoms with Crippen molar-refractivity contribution >= 4 is 16.3 Å². The lowest BCUT2D eigenvalue weighted by molar-refractivity contribution is -0.375. The fourth-order valence-corrected chi connectivity index (χ4v) is 7.37. The lowest BCUT2D eigenvalue weighted by Gasteiger charge is -2.49. The van der Waals surface area contributed by atoms with Gasteiger partial charge in [0.1, 0.15) is 110 Å². The first-order valence-corrected chi connectivity index (χ1v) is 20.3. The molecule has 0 bridgehead atoms. The number of nitrogens with one attached hydrogen (secondary N) is 1. The summed E-state index contributed by atoms with van der Waals surface area (Å²) >= 11 is 0. The highest BCUT2D eigenvalue weighted by Crippen LogP contribution is 2.34. The second-order valence-electron chi connectivity index (χ2n) is 14.9. The minimum absolute atomic E-state index is 0.831. The molecule has 4 aliphatic heterocycles. The molecule has 4 rings (SSSR count). The Morgan fingerprint density at radius 3 is 1.54 bits per heavy atom. The van der Waals surface area contributed by atoms with Gasteiger partial charge in [0, 0.05) is 6.92 Å². The van der Waals surface area contributed by atoms with E-state index in [0.29, 0.717) is 0 Å². The van der Waals surface area contributed by atoms with Crippen molar-refractivity contribution < 1.29 is 131 Å². The normalized spacial score (nSPS) is 44.5. The number of aliphatic hydroxyl groups excluding tert-OH is 14. The van der Waals surface area contributed by atoms with Crippen LogP contribution in [0.4, 0.5) is 0 Å². The van der Waals surface area contributed by atoms with Crippen LogP contribution < -0.4 is 5.32 Å². The second-order valence-corrected chi connectivity index (χ2v) is 16.0. The first kappa shape index (κ1) is 52.1. The predicted molar refractivity (Wildman–Crippen MR) is 188 cm³/mol. The Hall–Kier alpha value is -1.54. The van der Waals surface area contributed by atoms with Crippen molar-refractivity contribution in [3.63, 3.8) is 0 Å². The minimum Gasteiger partial charge on any atom is -0.394 e. The largest absolute Gasteiger partial charge is 0.397 e. The molecule has 1 amide bonds. The Morgan fingerprint density at radius 2 is 1.05 bits per heavy atom. The molecular formula is C32H57NO27S. The molecule has 29 heteroatoms. The summed E-state index contributed by atoms with van der Waals surface area (Å²) in [6, 6.07) is -1.71. The third-order valence-corrected chi connectivity index (χ3v) is 10.9. The van der Waals surface area contributed by atoms with Crippen molar-refractivity contribution in [2.45, 2.75) is 168 Å². The van der Waals surface area contributed by atoms with Crippen LogP contribution in [0.25, 0.3) is 0 Å². The van der Waals surface area contributed by atoms with E-state index in [0.717, 1.165) is 6.92 Å². The molecule has 4 fully saturated rings. The van der Waals surface area contributed by atoms with Crippen molar-refractivity contribution in [2.24, 2.45) is 0 Å². The van der Waals surface area contributed by atoms with Crippen molar-refractivity contribution in [1.82, 2.24) is 5.32 Å². The van der Waals surface area contributed by atoms with Crippen LogP contribution in [0.15, 0.2) is 0 Å². The lowest BCUT2D eigenvalue weighted by atomic mass is 9.94. The third-order valence-electron chi connectivity index (χ3n) is 10.5. The average molecular weight is 920 g/mol. The van der Waals surface area contributed by atoms with E-state index in [2.05, 4.69) is 9.50 Å². The number of carbonyl (C=O) groups excluding carboxylic acids is 1. The maximum atomic E-state index is 12.5. The zero-order chi connectivity index (χ0) is 45.8. The Balaban J connectivity index is 1.69. The van der Waals surface area contributed by atoms with Crippen molar-refractivity contribution in [1.29, 1.82) is 0 Å². The fourth-order valence-electron chi connectivity index (χ4n) is 7.06. The molecule has 24 atom stereocenters. The standard InChI is InChI=1S/C32H57NO27S/c1-8-16(40)20(44)22(46)30(53-8)57-25(11(38)4-34)26(12(39)7-52-61(49,50)51)58-32-24(48)28(19(43)14(6-36)56-32)60-29-15(33-10(3)37)27(18(42)13(5-35)55-29)59-31-23(47)21(45)17(41)9(2)54-31/h8-9,11-32,34-36,38-48H,4-7H2,1-3H3,(H,33,37)(H,49,50,51)/t8-,9-,11-,12+,13+,14+,15+,16+,17+,18+,19-,20+,21+,22-,23-,24+,25+,26+,27+,28-,29-,30-,31-,32-/m0/s1. The molecule has 16 N–H and O–H groups in total. The maximum absolute atomic E-state index is 12.5. The molecule has 0 aliphatic carbocycles. The second kappa shape index (κ2) is 22.1. The summed E-state index contributed by atoms with van der Waals surface area (Å²) in [5.41, 5.74) is 0. The zero-order valence-corrected chi connectivity index (χ0v) is 33.5. The highest BCUT2D eigenvalue weighted by Gasteiger charge is 2.55. The van der Waals surface area contributed by atoms with Gasteiger partial charge in [-0.3, -0.25) is 9.35 Å². The van der Waals surface area contributed by atoms with E-state index >= 15 is 0 Å². The Kier molecular flexibility index (Phi) is 18.9. The monoisotopic (exact) mass is 919 g/mol. The quantitative estimate of drug-likeness (QED) is 0.0568. The van der Waals surface area contributed by atoms with Crippen molar-refractivity contribution in [3.05, 3.63) is 0 Å². The minimum atomic E-state index is -5.30. The van der Waals surface area contributed by atoms with E-state index in [9.17, 15) is 89.3 Å². The number of hydrogen-bond donors (Lipinski definition) is 16. The molecule has 4 heterocycles. The molecule has 0 aromatic rings. The van der Waals surface area contributed by atoms with Crippen LogP contribution in [0.2, 0.25) is 0 Å². The van der Waals surface area contributed by atoms with Gasteiger partial charge in [0.2, 0.25) is 5.91 Å². The number of ether oxygens (including phenoxy) is 8. The van der Waals surface area contributed by atoms with Crippen LogP contribution in [-0.2, 0) is 57.3 Å². The van der Waals surface area contributed by atoms with E-state index in [1.54, 1.807) is 0 Å². The van der Waals surface area contributed by atoms with Crippen LogP contribution in [0, 0.1) is 0 Å². The van der Waals surface area contributed by atoms with Crippen LogP contribution in [0.5, 0.6) is 0 Å². The van der Waals surface area contributed by atoms with Gasteiger partial charge in [0.25, 0.3) is 0 Å². The van der Waals surface area contributed by atoms with Gasteiger partial charge in [0.05, 0.1) is 38.6 Å². The fraction of sp³-hybridized carbons (Fsp3) is 0.969. The molecule has 0 unspecified atom stereocenters. The van der Waals surface area contributed by atoms with E-state index in [1.165, 1.54) is 13.8 Å². The summed E-state index contributed by atoms with van der Waals surface area (Å²) < 4.78 is 81.4. The molecule has 0 spiro atoms. The van der Waals surface area contributed by atoms with Crippen molar-refractivity contribution in [2.75, 3.05) is 26.4 Å². The molecule has 358 valence electrons. The van der Waals surface area contributed by atoms with Crippen LogP contribution in [-0.4, -0.2) is 264 Å². The van der Waals surface area contributed by atoms with Gasteiger partial charge in [0.15, 0.2) is 25.2 Å². The molecule has 28 nitrogen and oxygen atoms in total. The van der Waals surface area contributed by atoms with Crippen LogP contribution in [0.3, 0.4) is 0 Å². The summed E-state index contributed by atoms with van der Waals surface area (Å²) in [4.78, 5) is 12.5. The molecule has 4 aliphatic rings. The molecule has 0 saturated carbocycles. The lowest BCUT2D eigenvalue weighted by Crippen LogP contribution is -2.70. The van der Waals surface area contributed by atoms with E-state index in [4.69, 9.17) is 37.9 Å². The van der Waals surface area contributed by atoms with Gasteiger partial charge in [-0.1, -0.05) is 0 Å². The number of hydrogen-bond acceptors (Lipinski definition) is 26. The molecule has 61 heavy (non-hydrogen) atoms. The van der Waals surface area contributed by atoms with Gasteiger partial charge in [-0.2, -0.15) is 8.42 Å². The first-order chi connectivity index (χ1) is 28.4. The average Bonchev–Trinajstić information content (AvgIpc) is 3.20. The molecule has 0 aromatic carbocycles. The molecule has 0 radical (unpaired) electrons. The highest BCUT2D eigenvalue weighted by atomic mass is 32.3. The zero-order valence-electron chi connectivity index (χ0n) is 32.7. The highest BCUT2D eigenvalue weighted by molar-refractivity contribution is 7.80. The van der Waals surface area contributed by atoms with Gasteiger partial charge >= 0.3 is 10.4 Å². The van der Waals surface area contributed by atoms with Crippen LogP contribution in [0.1, 0.15) is 20.8 Å². The first-order valence-electron chi connectivity index (χ1n) is 18.9. The predicted octanol–water partition coefficient (Wildman–Crippen LogP) is -10.3. The number of amides is 1. The summed E-state index contributed by atoms with van der Waals surface area (Å²) in [5.74, 6) is -0.831. The Labute approximate surface area is 347 Å². The third kappa shape index (κ3) is 12.4. The molecule has 0 aromatic heterocycles. The molecule has 4 saturated heterocycles. The summed E-state index contributed by atoms with van der Waals surface area (Å²) in [6.45, 7) is -1.12.